The zero-order valence-electron chi connectivity index (χ0n) is 24.2. The summed E-state index contributed by atoms with van der Waals surface area (Å²) < 4.78 is 23.5. The third-order valence-corrected chi connectivity index (χ3v) is 7.49. The Morgan fingerprint density at radius 1 is 0.634 bits per heavy atom. The van der Waals surface area contributed by atoms with Gasteiger partial charge in [0, 0.05) is 19.8 Å². The number of methoxy groups -OCH3 is 2. The van der Waals surface area contributed by atoms with Gasteiger partial charge in [-0.05, 0) is 66.0 Å². The van der Waals surface area contributed by atoms with Crippen LogP contribution in [0.15, 0.2) is 109 Å². The molecule has 0 radical (unpaired) electrons. The maximum absolute atomic E-state index is 10.1. The Kier molecular flexibility index (Phi) is 11.8. The van der Waals surface area contributed by atoms with E-state index in [0.717, 1.165) is 47.9 Å². The van der Waals surface area contributed by atoms with Gasteiger partial charge in [-0.3, -0.25) is 0 Å². The lowest BCUT2D eigenvalue weighted by Crippen LogP contribution is -2.33. The lowest BCUT2D eigenvalue weighted by Gasteiger charge is -2.36. The fraction of sp³-hybridized carbons (Fsp3) is 0.333. The normalized spacial score (nSPS) is 12.2. The zero-order valence-corrected chi connectivity index (χ0v) is 24.2. The van der Waals surface area contributed by atoms with Crippen LogP contribution in [-0.2, 0) is 21.7 Å². The zero-order chi connectivity index (χ0) is 28.8. The van der Waals surface area contributed by atoms with Gasteiger partial charge in [-0.15, -0.1) is 0 Å². The molecule has 0 bridgehead atoms. The molecule has 4 aromatic rings. The van der Waals surface area contributed by atoms with Crippen LogP contribution in [0.5, 0.6) is 11.5 Å². The van der Waals surface area contributed by atoms with Gasteiger partial charge in [-0.1, -0.05) is 97.1 Å². The van der Waals surface area contributed by atoms with Crippen molar-refractivity contribution in [3.8, 4) is 11.5 Å². The van der Waals surface area contributed by atoms with Crippen molar-refractivity contribution in [3.05, 3.63) is 131 Å². The van der Waals surface area contributed by atoms with Crippen molar-refractivity contribution < 1.29 is 24.1 Å². The molecule has 0 aliphatic heterocycles. The molecule has 1 unspecified atom stereocenters. The number of hydrogen-bond acceptors (Lipinski definition) is 5. The largest absolute Gasteiger partial charge is 0.493 e. The molecule has 0 heterocycles. The summed E-state index contributed by atoms with van der Waals surface area (Å²) in [5.74, 6) is 1.62. The molecule has 0 fully saturated rings. The summed E-state index contributed by atoms with van der Waals surface area (Å²) >= 11 is 0. The SMILES string of the molecule is COc1ccc(COCCCC(CO)CCCOC(c2ccccc2)(c2ccccc2)c2ccccc2)cc1OC. The lowest BCUT2D eigenvalue weighted by molar-refractivity contribution is 0.00795. The molecular formula is C36H42O5. The van der Waals surface area contributed by atoms with Crippen molar-refractivity contribution in [1.29, 1.82) is 0 Å². The Balaban J connectivity index is 1.32. The average molecular weight is 555 g/mol. The summed E-state index contributed by atoms with van der Waals surface area (Å²) in [6.45, 7) is 1.89. The second-order valence-electron chi connectivity index (χ2n) is 10.2. The maximum atomic E-state index is 10.1. The number of hydrogen-bond donors (Lipinski definition) is 1. The van der Waals surface area contributed by atoms with Crippen molar-refractivity contribution in [1.82, 2.24) is 0 Å². The molecule has 1 atom stereocenters. The predicted molar refractivity (Wildman–Crippen MR) is 163 cm³/mol. The minimum absolute atomic E-state index is 0.164. The smallest absolute Gasteiger partial charge is 0.161 e. The first-order valence-corrected chi connectivity index (χ1v) is 14.4. The molecular weight excluding hydrogens is 512 g/mol. The van der Waals surface area contributed by atoms with Crippen LogP contribution in [0.25, 0.3) is 0 Å². The highest BCUT2D eigenvalue weighted by Gasteiger charge is 2.37. The minimum atomic E-state index is -0.712. The third kappa shape index (κ3) is 7.98. The van der Waals surface area contributed by atoms with Crippen molar-refractivity contribution in [3.63, 3.8) is 0 Å². The van der Waals surface area contributed by atoms with Crippen LogP contribution >= 0.6 is 0 Å². The highest BCUT2D eigenvalue weighted by molar-refractivity contribution is 5.47. The summed E-state index contributed by atoms with van der Waals surface area (Å²) in [6, 6.07) is 37.1. The summed E-state index contributed by atoms with van der Waals surface area (Å²) in [6.07, 6.45) is 3.54. The van der Waals surface area contributed by atoms with E-state index in [4.69, 9.17) is 18.9 Å². The van der Waals surface area contributed by atoms with Crippen LogP contribution in [0, 0.1) is 5.92 Å². The molecule has 41 heavy (non-hydrogen) atoms. The van der Waals surface area contributed by atoms with E-state index in [1.807, 2.05) is 36.4 Å². The van der Waals surface area contributed by atoms with Crippen LogP contribution < -0.4 is 9.47 Å². The standard InChI is InChI=1S/C36H42O5/c1-38-34-23-22-30(26-35(34)39-2)28-40-24-12-14-29(27-37)15-13-25-41-36(31-16-6-3-7-17-31,32-18-8-4-9-19-32)33-20-10-5-11-21-33/h3-11,16-23,26,29,37H,12-15,24-25,27-28H2,1-2H3. The van der Waals surface area contributed by atoms with E-state index in [9.17, 15) is 5.11 Å². The van der Waals surface area contributed by atoms with Gasteiger partial charge in [-0.2, -0.15) is 0 Å². The van der Waals surface area contributed by atoms with Crippen molar-refractivity contribution >= 4 is 0 Å². The van der Waals surface area contributed by atoms with Crippen LogP contribution in [0.2, 0.25) is 0 Å². The minimum Gasteiger partial charge on any atom is -0.493 e. The summed E-state index contributed by atoms with van der Waals surface area (Å²) in [4.78, 5) is 0. The topological polar surface area (TPSA) is 57.2 Å². The van der Waals surface area contributed by atoms with E-state index in [1.165, 1.54) is 0 Å². The van der Waals surface area contributed by atoms with E-state index >= 15 is 0 Å². The average Bonchev–Trinajstić information content (AvgIpc) is 3.05. The van der Waals surface area contributed by atoms with Crippen molar-refractivity contribution in [2.24, 2.45) is 5.92 Å². The highest BCUT2D eigenvalue weighted by Crippen LogP contribution is 2.40. The Bertz CT molecular complexity index is 1180. The first-order chi connectivity index (χ1) is 20.2. The molecule has 0 saturated carbocycles. The van der Waals surface area contributed by atoms with Gasteiger partial charge in [0.2, 0.25) is 0 Å². The Morgan fingerprint density at radius 3 is 1.63 bits per heavy atom. The number of aliphatic hydroxyl groups is 1. The third-order valence-electron chi connectivity index (χ3n) is 7.49. The molecule has 5 nitrogen and oxygen atoms in total. The number of aliphatic hydroxyl groups excluding tert-OH is 1. The van der Waals surface area contributed by atoms with E-state index in [-0.39, 0.29) is 12.5 Å². The number of benzene rings is 4. The number of ether oxygens (including phenoxy) is 4. The molecule has 5 heteroatoms. The first-order valence-electron chi connectivity index (χ1n) is 14.4. The molecule has 0 amide bonds. The molecule has 0 spiro atoms. The summed E-state index contributed by atoms with van der Waals surface area (Å²) in [5.41, 5.74) is 3.63. The van der Waals surface area contributed by atoms with E-state index in [2.05, 4.69) is 72.8 Å². The molecule has 0 aliphatic rings. The molecule has 0 saturated heterocycles. The van der Waals surface area contributed by atoms with Gasteiger partial charge in [0.1, 0.15) is 5.60 Å². The van der Waals surface area contributed by atoms with Crippen LogP contribution in [0.1, 0.15) is 47.9 Å². The molecule has 0 aromatic heterocycles. The van der Waals surface area contributed by atoms with E-state index in [1.54, 1.807) is 14.2 Å². The van der Waals surface area contributed by atoms with Crippen LogP contribution in [0.3, 0.4) is 0 Å². The Hall–Kier alpha value is -3.64. The Morgan fingerprint density at radius 2 is 1.15 bits per heavy atom. The fourth-order valence-electron chi connectivity index (χ4n) is 5.33. The second kappa shape index (κ2) is 16.0. The van der Waals surface area contributed by atoms with Gasteiger partial charge in [-0.25, -0.2) is 0 Å². The van der Waals surface area contributed by atoms with Gasteiger partial charge in [0.25, 0.3) is 0 Å². The van der Waals surface area contributed by atoms with Gasteiger partial charge >= 0.3 is 0 Å². The monoisotopic (exact) mass is 554 g/mol. The van der Waals surface area contributed by atoms with E-state index < -0.39 is 5.60 Å². The highest BCUT2D eigenvalue weighted by atomic mass is 16.5. The summed E-state index contributed by atoms with van der Waals surface area (Å²) in [7, 11) is 3.26. The number of rotatable bonds is 17. The fourth-order valence-corrected chi connectivity index (χ4v) is 5.33. The lowest BCUT2D eigenvalue weighted by atomic mass is 9.80. The van der Waals surface area contributed by atoms with Crippen molar-refractivity contribution in [2.75, 3.05) is 34.0 Å². The van der Waals surface area contributed by atoms with E-state index in [0.29, 0.717) is 31.3 Å². The maximum Gasteiger partial charge on any atom is 0.161 e. The first kappa shape index (κ1) is 30.3. The van der Waals surface area contributed by atoms with Gasteiger partial charge in [0.05, 0.1) is 20.8 Å². The molecule has 1 N–H and O–H groups in total. The summed E-state index contributed by atoms with van der Waals surface area (Å²) in [5, 5.41) is 10.1. The van der Waals surface area contributed by atoms with Crippen molar-refractivity contribution in [2.45, 2.75) is 37.9 Å². The van der Waals surface area contributed by atoms with Gasteiger partial charge in [0.15, 0.2) is 11.5 Å². The molecule has 4 aromatic carbocycles. The van der Waals surface area contributed by atoms with Crippen LogP contribution in [-0.4, -0.2) is 39.1 Å². The molecule has 216 valence electrons. The van der Waals surface area contributed by atoms with Gasteiger partial charge < -0.3 is 24.1 Å². The second-order valence-corrected chi connectivity index (χ2v) is 10.2. The Labute approximate surface area is 244 Å². The quantitative estimate of drug-likeness (QED) is 0.109. The predicted octanol–water partition coefficient (Wildman–Crippen LogP) is 7.40. The van der Waals surface area contributed by atoms with Crippen LogP contribution in [0.4, 0.5) is 0 Å². The molecule has 0 aliphatic carbocycles. The molecule has 4 rings (SSSR count).